The molecule has 2 rings (SSSR count). The first-order valence-electron chi connectivity index (χ1n) is 5.16. The molecule has 1 fully saturated rings. The summed E-state index contributed by atoms with van der Waals surface area (Å²) in [6.07, 6.45) is 2.40. The molecule has 0 aliphatic heterocycles. The van der Waals surface area contributed by atoms with E-state index in [1.165, 1.54) is 20.0 Å². The number of rotatable bonds is 3. The highest BCUT2D eigenvalue weighted by atomic mass is 35.5. The molecule has 1 atom stereocenters. The number of hydrogen-bond acceptors (Lipinski definition) is 3. The lowest BCUT2D eigenvalue weighted by atomic mass is 10.0. The number of halogens is 1. The van der Waals surface area contributed by atoms with Gasteiger partial charge in [0.2, 0.25) is 0 Å². The summed E-state index contributed by atoms with van der Waals surface area (Å²) in [6, 6.07) is 7.46. The average Bonchev–Trinajstić information content (AvgIpc) is 3.11. The molecule has 0 spiro atoms. The van der Waals surface area contributed by atoms with Crippen LogP contribution in [0.2, 0.25) is 0 Å². The number of carbonyl (C=O) groups excluding carboxylic acids is 1. The summed E-state index contributed by atoms with van der Waals surface area (Å²) in [4.78, 5) is 11.3. The fourth-order valence-electron chi connectivity index (χ4n) is 1.72. The van der Waals surface area contributed by atoms with Crippen molar-refractivity contribution in [2.45, 2.75) is 18.9 Å². The molecule has 2 N–H and O–H groups in total. The first-order chi connectivity index (χ1) is 7.22. The van der Waals surface area contributed by atoms with Crippen molar-refractivity contribution in [1.82, 2.24) is 0 Å². The van der Waals surface area contributed by atoms with Gasteiger partial charge in [-0.2, -0.15) is 0 Å². The Labute approximate surface area is 101 Å². The molecular weight excluding hydrogens is 226 g/mol. The minimum Gasteiger partial charge on any atom is -0.465 e. The minimum atomic E-state index is -0.306. The highest BCUT2D eigenvalue weighted by Gasteiger charge is 2.29. The summed E-state index contributed by atoms with van der Waals surface area (Å²) in [7, 11) is 1.38. The van der Waals surface area contributed by atoms with Gasteiger partial charge in [0.25, 0.3) is 0 Å². The summed E-state index contributed by atoms with van der Waals surface area (Å²) >= 11 is 0. The van der Waals surface area contributed by atoms with Crippen LogP contribution in [-0.4, -0.2) is 13.1 Å². The lowest BCUT2D eigenvalue weighted by Crippen LogP contribution is -2.13. The molecule has 0 bridgehead atoms. The van der Waals surface area contributed by atoms with E-state index < -0.39 is 0 Å². The molecule has 1 aliphatic rings. The van der Waals surface area contributed by atoms with Crippen molar-refractivity contribution in [3.05, 3.63) is 35.4 Å². The maximum absolute atomic E-state index is 11.3. The lowest BCUT2D eigenvalue weighted by Gasteiger charge is -2.11. The topological polar surface area (TPSA) is 52.3 Å². The van der Waals surface area contributed by atoms with Gasteiger partial charge in [0, 0.05) is 6.04 Å². The Morgan fingerprint density at radius 3 is 2.75 bits per heavy atom. The molecule has 0 radical (unpaired) electrons. The number of esters is 1. The highest BCUT2D eigenvalue weighted by molar-refractivity contribution is 5.89. The fraction of sp³-hybridized carbons (Fsp3) is 0.417. The summed E-state index contributed by atoms with van der Waals surface area (Å²) in [5, 5.41) is 0. The molecule has 0 amide bonds. The summed E-state index contributed by atoms with van der Waals surface area (Å²) in [5.41, 5.74) is 7.66. The highest BCUT2D eigenvalue weighted by Crippen LogP contribution is 2.39. The second-order valence-electron chi connectivity index (χ2n) is 3.98. The molecule has 1 aromatic rings. The number of benzene rings is 1. The average molecular weight is 242 g/mol. The molecule has 0 aromatic heterocycles. The van der Waals surface area contributed by atoms with Crippen molar-refractivity contribution in [3.8, 4) is 0 Å². The van der Waals surface area contributed by atoms with Gasteiger partial charge < -0.3 is 10.5 Å². The smallest absolute Gasteiger partial charge is 0.337 e. The molecule has 1 aromatic carbocycles. The van der Waals surface area contributed by atoms with E-state index in [9.17, 15) is 4.79 Å². The monoisotopic (exact) mass is 241 g/mol. The standard InChI is InChI=1S/C12H15NO2.ClH/c1-15-12(14)10-4-2-3-9(7-10)11(13)8-5-6-8;/h2-4,7-8,11H,5-6,13H2,1H3;1H/t11-;/m0./s1. The first kappa shape index (κ1) is 13.0. The van der Waals surface area contributed by atoms with E-state index in [4.69, 9.17) is 5.73 Å². The Morgan fingerprint density at radius 1 is 1.50 bits per heavy atom. The second-order valence-corrected chi connectivity index (χ2v) is 3.98. The van der Waals surface area contributed by atoms with Crippen LogP contribution in [-0.2, 0) is 4.74 Å². The third-order valence-corrected chi connectivity index (χ3v) is 2.82. The summed E-state index contributed by atoms with van der Waals surface area (Å²) in [6.45, 7) is 0. The van der Waals surface area contributed by atoms with E-state index in [2.05, 4.69) is 4.74 Å². The maximum Gasteiger partial charge on any atom is 0.337 e. The largest absolute Gasteiger partial charge is 0.465 e. The van der Waals surface area contributed by atoms with Crippen molar-refractivity contribution in [3.63, 3.8) is 0 Å². The normalized spacial score (nSPS) is 16.1. The number of carbonyl (C=O) groups is 1. The Morgan fingerprint density at radius 2 is 2.19 bits per heavy atom. The molecule has 4 heteroatoms. The molecular formula is C12H16ClNO2. The van der Waals surface area contributed by atoms with Crippen LogP contribution in [0.1, 0.15) is 34.8 Å². The van der Waals surface area contributed by atoms with Gasteiger partial charge in [0.05, 0.1) is 12.7 Å². The Hall–Kier alpha value is -1.06. The van der Waals surface area contributed by atoms with E-state index in [0.717, 1.165) is 5.56 Å². The van der Waals surface area contributed by atoms with Crippen LogP contribution in [0.3, 0.4) is 0 Å². The zero-order chi connectivity index (χ0) is 10.8. The zero-order valence-electron chi connectivity index (χ0n) is 9.18. The fourth-order valence-corrected chi connectivity index (χ4v) is 1.72. The predicted octanol–water partition coefficient (Wildman–Crippen LogP) is 2.30. The minimum absolute atomic E-state index is 0. The molecule has 0 heterocycles. The van der Waals surface area contributed by atoms with Crippen molar-refractivity contribution in [2.24, 2.45) is 11.7 Å². The van der Waals surface area contributed by atoms with Gasteiger partial charge in [-0.05, 0) is 36.5 Å². The van der Waals surface area contributed by atoms with Crippen molar-refractivity contribution in [1.29, 1.82) is 0 Å². The van der Waals surface area contributed by atoms with Gasteiger partial charge in [-0.1, -0.05) is 12.1 Å². The van der Waals surface area contributed by atoms with Crippen LogP contribution >= 0.6 is 12.4 Å². The van der Waals surface area contributed by atoms with Crippen LogP contribution in [0.4, 0.5) is 0 Å². The molecule has 1 aliphatic carbocycles. The molecule has 0 saturated heterocycles. The predicted molar refractivity (Wildman–Crippen MR) is 64.7 cm³/mol. The Balaban J connectivity index is 0.00000128. The van der Waals surface area contributed by atoms with E-state index in [0.29, 0.717) is 11.5 Å². The number of ether oxygens (including phenoxy) is 1. The third kappa shape index (κ3) is 2.74. The van der Waals surface area contributed by atoms with E-state index in [1.54, 1.807) is 6.07 Å². The number of hydrogen-bond donors (Lipinski definition) is 1. The van der Waals surface area contributed by atoms with Crippen molar-refractivity contribution < 1.29 is 9.53 Å². The van der Waals surface area contributed by atoms with Crippen LogP contribution in [0.15, 0.2) is 24.3 Å². The third-order valence-electron chi connectivity index (χ3n) is 2.82. The zero-order valence-corrected chi connectivity index (χ0v) is 10.00. The van der Waals surface area contributed by atoms with Crippen LogP contribution in [0.5, 0.6) is 0 Å². The van der Waals surface area contributed by atoms with Gasteiger partial charge in [0.1, 0.15) is 0 Å². The van der Waals surface area contributed by atoms with E-state index in [-0.39, 0.29) is 24.4 Å². The van der Waals surface area contributed by atoms with Gasteiger partial charge >= 0.3 is 5.97 Å². The van der Waals surface area contributed by atoms with Gasteiger partial charge in [-0.15, -0.1) is 12.4 Å². The SMILES string of the molecule is COC(=O)c1cccc([C@@H](N)C2CC2)c1.Cl. The van der Waals surface area contributed by atoms with Crippen LogP contribution in [0, 0.1) is 5.92 Å². The van der Waals surface area contributed by atoms with E-state index in [1.807, 2.05) is 18.2 Å². The Kier molecular flexibility index (Phi) is 4.33. The number of nitrogens with two attached hydrogens (primary N) is 1. The molecule has 3 nitrogen and oxygen atoms in total. The Bertz CT molecular complexity index is 377. The second kappa shape index (κ2) is 5.32. The van der Waals surface area contributed by atoms with Gasteiger partial charge in [0.15, 0.2) is 0 Å². The lowest BCUT2D eigenvalue weighted by molar-refractivity contribution is 0.0600. The van der Waals surface area contributed by atoms with Crippen molar-refractivity contribution >= 4 is 18.4 Å². The molecule has 0 unspecified atom stereocenters. The summed E-state index contributed by atoms with van der Waals surface area (Å²) < 4.78 is 4.67. The molecule has 16 heavy (non-hydrogen) atoms. The van der Waals surface area contributed by atoms with Crippen molar-refractivity contribution in [2.75, 3.05) is 7.11 Å². The maximum atomic E-state index is 11.3. The number of methoxy groups -OCH3 is 1. The quantitative estimate of drug-likeness (QED) is 0.827. The van der Waals surface area contributed by atoms with Gasteiger partial charge in [-0.3, -0.25) is 0 Å². The van der Waals surface area contributed by atoms with Crippen LogP contribution in [0.25, 0.3) is 0 Å². The molecule has 88 valence electrons. The van der Waals surface area contributed by atoms with E-state index >= 15 is 0 Å². The van der Waals surface area contributed by atoms with Crippen LogP contribution < -0.4 is 5.73 Å². The first-order valence-corrected chi connectivity index (χ1v) is 5.16. The van der Waals surface area contributed by atoms with Gasteiger partial charge in [-0.25, -0.2) is 4.79 Å². The summed E-state index contributed by atoms with van der Waals surface area (Å²) in [5.74, 6) is 0.290. The molecule has 1 saturated carbocycles.